The molecule has 0 aromatic rings. The zero-order chi connectivity index (χ0) is 14.8. The van der Waals surface area contributed by atoms with Crippen molar-refractivity contribution in [3.63, 3.8) is 0 Å². The Hall–Kier alpha value is -1.32. The molecule has 0 aromatic heterocycles. The molecular formula is C17H25NO3. The number of allylic oxidation sites excluding steroid dienone is 2. The van der Waals surface area contributed by atoms with Crippen molar-refractivity contribution in [1.29, 1.82) is 0 Å². The minimum absolute atomic E-state index is 0.0352. The van der Waals surface area contributed by atoms with Crippen LogP contribution in [-0.4, -0.2) is 23.5 Å². The van der Waals surface area contributed by atoms with Gasteiger partial charge in [-0.15, -0.1) is 0 Å². The van der Waals surface area contributed by atoms with Crippen molar-refractivity contribution in [2.24, 2.45) is 29.6 Å². The highest BCUT2D eigenvalue weighted by molar-refractivity contribution is 5.86. The first-order chi connectivity index (χ1) is 10.2. The number of hydrogen-bond acceptors (Lipinski definition) is 2. The zero-order valence-electron chi connectivity index (χ0n) is 12.5. The Bertz CT molecular complexity index is 439. The van der Waals surface area contributed by atoms with Gasteiger partial charge in [0.05, 0.1) is 11.8 Å². The lowest BCUT2D eigenvalue weighted by Crippen LogP contribution is -2.49. The molecule has 21 heavy (non-hydrogen) atoms. The molecule has 0 aliphatic heterocycles. The Kier molecular flexibility index (Phi) is 4.32. The molecule has 4 heteroatoms. The first kappa shape index (κ1) is 14.6. The second kappa shape index (κ2) is 6.20. The number of carbonyl (C=O) groups is 2. The van der Waals surface area contributed by atoms with E-state index >= 15 is 0 Å². The second-order valence-corrected chi connectivity index (χ2v) is 6.93. The molecule has 0 spiro atoms. The first-order valence-corrected chi connectivity index (χ1v) is 8.35. The average molecular weight is 291 g/mol. The van der Waals surface area contributed by atoms with Crippen molar-refractivity contribution >= 4 is 11.9 Å². The number of amides is 1. The Balaban J connectivity index is 1.62. The summed E-state index contributed by atoms with van der Waals surface area (Å²) in [4.78, 5) is 24.1. The molecule has 0 heterocycles. The summed E-state index contributed by atoms with van der Waals surface area (Å²) in [6, 6.07) is 0. The fourth-order valence-electron chi connectivity index (χ4n) is 4.44. The smallest absolute Gasteiger partial charge is 0.307 e. The van der Waals surface area contributed by atoms with Crippen LogP contribution in [0.25, 0.3) is 0 Å². The third-order valence-electron chi connectivity index (χ3n) is 5.63. The second-order valence-electron chi connectivity index (χ2n) is 6.93. The molecule has 4 aliphatic rings. The average Bonchev–Trinajstić information content (AvgIpc) is 2.53. The fourth-order valence-corrected chi connectivity index (χ4v) is 4.44. The lowest BCUT2D eigenvalue weighted by molar-refractivity contribution is -0.153. The first-order valence-electron chi connectivity index (χ1n) is 8.35. The van der Waals surface area contributed by atoms with Gasteiger partial charge in [0.15, 0.2) is 0 Å². The SMILES string of the molecule is O=C(O)[C@@H]1[C@@H](C(=O)NCC2CCCCC2)[C@H]2C=C[C@H]1CC2. The topological polar surface area (TPSA) is 66.4 Å². The lowest BCUT2D eigenvalue weighted by atomic mass is 9.62. The lowest BCUT2D eigenvalue weighted by Gasteiger charge is -2.42. The van der Waals surface area contributed by atoms with E-state index in [0.29, 0.717) is 5.92 Å². The van der Waals surface area contributed by atoms with Gasteiger partial charge in [-0.2, -0.15) is 0 Å². The number of carboxylic acids is 1. The van der Waals surface area contributed by atoms with Crippen molar-refractivity contribution in [1.82, 2.24) is 5.32 Å². The largest absolute Gasteiger partial charge is 0.481 e. The quantitative estimate of drug-likeness (QED) is 0.782. The molecule has 4 nitrogen and oxygen atoms in total. The van der Waals surface area contributed by atoms with Crippen molar-refractivity contribution in [2.45, 2.75) is 44.9 Å². The molecule has 116 valence electrons. The van der Waals surface area contributed by atoms with Crippen LogP contribution in [0.1, 0.15) is 44.9 Å². The molecule has 2 bridgehead atoms. The summed E-state index contributed by atoms with van der Waals surface area (Å²) < 4.78 is 0. The Morgan fingerprint density at radius 2 is 1.57 bits per heavy atom. The van der Waals surface area contributed by atoms with E-state index in [-0.39, 0.29) is 23.7 Å². The van der Waals surface area contributed by atoms with E-state index < -0.39 is 11.9 Å². The van der Waals surface area contributed by atoms with E-state index in [2.05, 4.69) is 11.4 Å². The minimum atomic E-state index is -0.813. The summed E-state index contributed by atoms with van der Waals surface area (Å²) in [5, 5.41) is 12.5. The molecule has 2 N–H and O–H groups in total. The maximum atomic E-state index is 12.5. The molecule has 1 amide bonds. The van der Waals surface area contributed by atoms with Gasteiger partial charge in [0.2, 0.25) is 5.91 Å². The van der Waals surface area contributed by atoms with Crippen LogP contribution in [-0.2, 0) is 9.59 Å². The van der Waals surface area contributed by atoms with Crippen LogP contribution in [0.15, 0.2) is 12.2 Å². The summed E-state index contributed by atoms with van der Waals surface area (Å²) in [5.41, 5.74) is 0. The maximum absolute atomic E-state index is 12.5. The van der Waals surface area contributed by atoms with Crippen LogP contribution in [0.3, 0.4) is 0 Å². The molecular weight excluding hydrogens is 266 g/mol. The van der Waals surface area contributed by atoms with Gasteiger partial charge in [0.25, 0.3) is 0 Å². The normalized spacial score (nSPS) is 35.6. The summed E-state index contributed by atoms with van der Waals surface area (Å²) in [5.74, 6) is -1.00. The van der Waals surface area contributed by atoms with Crippen LogP contribution >= 0.6 is 0 Å². The molecule has 2 saturated carbocycles. The molecule has 0 radical (unpaired) electrons. The van der Waals surface area contributed by atoms with E-state index in [9.17, 15) is 14.7 Å². The van der Waals surface area contributed by atoms with Crippen LogP contribution in [0.4, 0.5) is 0 Å². The van der Waals surface area contributed by atoms with Gasteiger partial charge < -0.3 is 10.4 Å². The third-order valence-corrected chi connectivity index (χ3v) is 5.63. The van der Waals surface area contributed by atoms with Crippen molar-refractivity contribution < 1.29 is 14.7 Å². The number of hydrogen-bond donors (Lipinski definition) is 2. The van der Waals surface area contributed by atoms with E-state index in [1.165, 1.54) is 32.1 Å². The number of fused-ring (bicyclic) bond motifs is 2. The van der Waals surface area contributed by atoms with E-state index in [4.69, 9.17) is 0 Å². The van der Waals surface area contributed by atoms with Gasteiger partial charge >= 0.3 is 5.97 Å². The fraction of sp³-hybridized carbons (Fsp3) is 0.765. The van der Waals surface area contributed by atoms with Crippen LogP contribution in [0, 0.1) is 29.6 Å². The van der Waals surface area contributed by atoms with E-state index in [1.807, 2.05) is 6.08 Å². The standard InChI is InChI=1S/C17H25NO3/c19-16(18-10-11-4-2-1-3-5-11)14-12-6-8-13(9-7-12)15(14)17(20)21/h6,8,11-15H,1-5,7,9-10H2,(H,18,19)(H,20,21)/t12-,13-,14-,15-/m0/s1. The highest BCUT2D eigenvalue weighted by atomic mass is 16.4. The minimum Gasteiger partial charge on any atom is -0.481 e. The van der Waals surface area contributed by atoms with Crippen molar-refractivity contribution in [2.75, 3.05) is 6.54 Å². The predicted octanol–water partition coefficient (Wildman–Crippen LogP) is 2.60. The third kappa shape index (κ3) is 2.99. The Morgan fingerprint density at radius 3 is 2.14 bits per heavy atom. The highest BCUT2D eigenvalue weighted by Crippen LogP contribution is 2.45. The number of aliphatic carboxylic acids is 1. The van der Waals surface area contributed by atoms with E-state index in [1.54, 1.807) is 0 Å². The van der Waals surface area contributed by atoms with Crippen LogP contribution < -0.4 is 5.32 Å². The molecule has 2 fully saturated rings. The number of carbonyl (C=O) groups excluding carboxylic acids is 1. The van der Waals surface area contributed by atoms with Gasteiger partial charge in [-0.25, -0.2) is 0 Å². The van der Waals surface area contributed by atoms with Crippen LogP contribution in [0.2, 0.25) is 0 Å². The van der Waals surface area contributed by atoms with Gasteiger partial charge in [0.1, 0.15) is 0 Å². The molecule has 0 unspecified atom stereocenters. The van der Waals surface area contributed by atoms with Gasteiger partial charge in [-0.1, -0.05) is 31.4 Å². The Morgan fingerprint density at radius 1 is 0.952 bits per heavy atom. The maximum Gasteiger partial charge on any atom is 0.307 e. The Labute approximate surface area is 126 Å². The highest BCUT2D eigenvalue weighted by Gasteiger charge is 2.48. The van der Waals surface area contributed by atoms with Crippen LogP contribution in [0.5, 0.6) is 0 Å². The predicted molar refractivity (Wildman–Crippen MR) is 79.6 cm³/mol. The number of carboxylic acid groups (broad SMARTS) is 1. The van der Waals surface area contributed by atoms with Gasteiger partial charge in [-0.3, -0.25) is 9.59 Å². The summed E-state index contributed by atoms with van der Waals surface area (Å²) in [7, 11) is 0. The molecule has 4 aliphatic carbocycles. The number of nitrogens with one attached hydrogen (secondary N) is 1. The number of rotatable bonds is 4. The molecule has 4 rings (SSSR count). The van der Waals surface area contributed by atoms with Crippen molar-refractivity contribution in [3.8, 4) is 0 Å². The van der Waals surface area contributed by atoms with Gasteiger partial charge in [0, 0.05) is 6.54 Å². The summed E-state index contributed by atoms with van der Waals surface area (Å²) in [6.45, 7) is 0.725. The summed E-state index contributed by atoms with van der Waals surface area (Å²) in [6.07, 6.45) is 12.2. The molecule has 4 atom stereocenters. The van der Waals surface area contributed by atoms with E-state index in [0.717, 1.165) is 19.4 Å². The zero-order valence-corrected chi connectivity index (χ0v) is 12.5. The van der Waals surface area contributed by atoms with Gasteiger partial charge in [-0.05, 0) is 43.4 Å². The molecule has 0 saturated heterocycles. The van der Waals surface area contributed by atoms with Crippen molar-refractivity contribution in [3.05, 3.63) is 12.2 Å². The monoisotopic (exact) mass is 291 g/mol. The summed E-state index contributed by atoms with van der Waals surface area (Å²) >= 11 is 0. The molecule has 0 aromatic carbocycles.